The van der Waals surface area contributed by atoms with Crippen molar-refractivity contribution < 1.29 is 9.59 Å². The van der Waals surface area contributed by atoms with Crippen LogP contribution in [0.4, 0.5) is 5.69 Å². The number of anilines is 1. The van der Waals surface area contributed by atoms with Crippen LogP contribution in [0.25, 0.3) is 0 Å². The molecule has 0 heterocycles. The summed E-state index contributed by atoms with van der Waals surface area (Å²) in [7, 11) is 3.39. The van der Waals surface area contributed by atoms with E-state index >= 15 is 0 Å². The van der Waals surface area contributed by atoms with Gasteiger partial charge in [-0.3, -0.25) is 9.59 Å². The second kappa shape index (κ2) is 6.89. The Labute approximate surface area is 130 Å². The largest absolute Gasteiger partial charge is 0.345 e. The predicted octanol–water partition coefficient (Wildman–Crippen LogP) is 3.20. The highest BCUT2D eigenvalue weighted by Gasteiger charge is 2.10. The van der Waals surface area contributed by atoms with Crippen LogP contribution in [0.15, 0.2) is 48.5 Å². The number of carbonyl (C=O) groups excluding carboxylic acids is 2. The van der Waals surface area contributed by atoms with E-state index in [-0.39, 0.29) is 11.8 Å². The molecule has 0 aliphatic carbocycles. The lowest BCUT2D eigenvalue weighted by Crippen LogP contribution is -2.21. The van der Waals surface area contributed by atoms with Gasteiger partial charge in [-0.1, -0.05) is 25.1 Å². The average molecular weight is 296 g/mol. The van der Waals surface area contributed by atoms with E-state index in [2.05, 4.69) is 12.2 Å². The SMILES string of the molecule is CCc1ccc(C(=O)Nc2cccc(C(=O)N(C)C)c2)cc1. The van der Waals surface area contributed by atoms with E-state index < -0.39 is 0 Å². The smallest absolute Gasteiger partial charge is 0.255 e. The van der Waals surface area contributed by atoms with E-state index in [0.29, 0.717) is 16.8 Å². The van der Waals surface area contributed by atoms with E-state index in [1.165, 1.54) is 10.5 Å². The summed E-state index contributed by atoms with van der Waals surface area (Å²) in [6, 6.07) is 14.4. The number of nitrogens with one attached hydrogen (secondary N) is 1. The molecule has 0 fully saturated rings. The lowest BCUT2D eigenvalue weighted by molar-refractivity contribution is 0.0827. The molecule has 0 bridgehead atoms. The Balaban J connectivity index is 2.14. The first-order valence-corrected chi connectivity index (χ1v) is 7.23. The van der Waals surface area contributed by atoms with Gasteiger partial charge in [0.2, 0.25) is 0 Å². The van der Waals surface area contributed by atoms with Crippen molar-refractivity contribution in [3.8, 4) is 0 Å². The Morgan fingerprint density at radius 3 is 2.27 bits per heavy atom. The summed E-state index contributed by atoms with van der Waals surface area (Å²) in [6.07, 6.45) is 0.941. The van der Waals surface area contributed by atoms with Crippen molar-refractivity contribution in [2.24, 2.45) is 0 Å². The van der Waals surface area contributed by atoms with Crippen LogP contribution in [0.5, 0.6) is 0 Å². The number of hydrogen-bond donors (Lipinski definition) is 1. The number of benzene rings is 2. The molecule has 0 unspecified atom stereocenters. The fourth-order valence-corrected chi connectivity index (χ4v) is 2.08. The molecular weight excluding hydrogens is 276 g/mol. The second-order valence-corrected chi connectivity index (χ2v) is 5.28. The third kappa shape index (κ3) is 3.73. The summed E-state index contributed by atoms with van der Waals surface area (Å²) in [4.78, 5) is 25.7. The van der Waals surface area contributed by atoms with Crippen molar-refractivity contribution in [1.82, 2.24) is 4.90 Å². The molecule has 0 spiro atoms. The molecule has 0 aliphatic heterocycles. The van der Waals surface area contributed by atoms with E-state index in [1.807, 2.05) is 24.3 Å². The minimum atomic E-state index is -0.183. The Morgan fingerprint density at radius 2 is 1.68 bits per heavy atom. The molecule has 0 saturated carbocycles. The zero-order valence-corrected chi connectivity index (χ0v) is 13.1. The first kappa shape index (κ1) is 15.8. The van der Waals surface area contributed by atoms with Gasteiger partial charge in [0, 0.05) is 30.9 Å². The topological polar surface area (TPSA) is 49.4 Å². The van der Waals surface area contributed by atoms with Crippen molar-refractivity contribution in [1.29, 1.82) is 0 Å². The highest BCUT2D eigenvalue weighted by Crippen LogP contribution is 2.14. The molecule has 4 nitrogen and oxygen atoms in total. The maximum absolute atomic E-state index is 12.2. The zero-order valence-electron chi connectivity index (χ0n) is 13.1. The minimum Gasteiger partial charge on any atom is -0.345 e. The third-order valence-electron chi connectivity index (χ3n) is 3.40. The van der Waals surface area contributed by atoms with Crippen LogP contribution in [0.3, 0.4) is 0 Å². The third-order valence-corrected chi connectivity index (χ3v) is 3.40. The Morgan fingerprint density at radius 1 is 1.00 bits per heavy atom. The molecule has 2 aromatic rings. The van der Waals surface area contributed by atoms with E-state index in [4.69, 9.17) is 0 Å². The summed E-state index contributed by atoms with van der Waals surface area (Å²) in [5.41, 5.74) is 2.94. The molecule has 2 amide bonds. The van der Waals surface area contributed by atoms with Gasteiger partial charge in [0.25, 0.3) is 11.8 Å². The lowest BCUT2D eigenvalue weighted by atomic mass is 10.1. The lowest BCUT2D eigenvalue weighted by Gasteiger charge is -2.12. The van der Waals surface area contributed by atoms with Gasteiger partial charge < -0.3 is 10.2 Å². The van der Waals surface area contributed by atoms with Crippen LogP contribution >= 0.6 is 0 Å². The van der Waals surface area contributed by atoms with Crippen molar-refractivity contribution in [2.75, 3.05) is 19.4 Å². The quantitative estimate of drug-likeness (QED) is 0.942. The standard InChI is InChI=1S/C18H20N2O2/c1-4-13-8-10-14(11-9-13)17(21)19-16-7-5-6-15(12-16)18(22)20(2)3/h5-12H,4H2,1-3H3,(H,19,21). The molecule has 0 radical (unpaired) electrons. The van der Waals surface area contributed by atoms with Crippen molar-refractivity contribution >= 4 is 17.5 Å². The molecule has 0 atom stereocenters. The maximum atomic E-state index is 12.2. The molecule has 2 rings (SSSR count). The number of hydrogen-bond acceptors (Lipinski definition) is 2. The van der Waals surface area contributed by atoms with E-state index in [1.54, 1.807) is 38.4 Å². The zero-order chi connectivity index (χ0) is 16.1. The van der Waals surface area contributed by atoms with E-state index in [0.717, 1.165) is 6.42 Å². The monoisotopic (exact) mass is 296 g/mol. The Bertz CT molecular complexity index is 676. The van der Waals surface area contributed by atoms with Gasteiger partial charge in [-0.25, -0.2) is 0 Å². The minimum absolute atomic E-state index is 0.0941. The van der Waals surface area contributed by atoms with Crippen molar-refractivity contribution in [3.63, 3.8) is 0 Å². The van der Waals surface area contributed by atoms with Crippen LogP contribution in [-0.2, 0) is 6.42 Å². The molecule has 0 aromatic heterocycles. The summed E-state index contributed by atoms with van der Waals surface area (Å²) in [6.45, 7) is 2.07. The normalized spacial score (nSPS) is 10.1. The first-order chi connectivity index (χ1) is 10.5. The number of amides is 2. The fourth-order valence-electron chi connectivity index (χ4n) is 2.08. The molecule has 22 heavy (non-hydrogen) atoms. The van der Waals surface area contributed by atoms with Crippen LogP contribution in [0, 0.1) is 0 Å². The molecule has 0 aliphatic rings. The fraction of sp³-hybridized carbons (Fsp3) is 0.222. The van der Waals surface area contributed by atoms with Gasteiger partial charge >= 0.3 is 0 Å². The van der Waals surface area contributed by atoms with Crippen LogP contribution in [-0.4, -0.2) is 30.8 Å². The summed E-state index contributed by atoms with van der Waals surface area (Å²) >= 11 is 0. The van der Waals surface area contributed by atoms with Gasteiger partial charge in [-0.15, -0.1) is 0 Å². The van der Waals surface area contributed by atoms with Gasteiger partial charge in [-0.05, 0) is 42.3 Å². The predicted molar refractivity (Wildman–Crippen MR) is 88.2 cm³/mol. The van der Waals surface area contributed by atoms with Crippen molar-refractivity contribution in [2.45, 2.75) is 13.3 Å². The highest BCUT2D eigenvalue weighted by molar-refractivity contribution is 6.05. The van der Waals surface area contributed by atoms with Gasteiger partial charge in [0.05, 0.1) is 0 Å². The average Bonchev–Trinajstić information content (AvgIpc) is 2.54. The first-order valence-electron chi connectivity index (χ1n) is 7.23. The number of rotatable bonds is 4. The van der Waals surface area contributed by atoms with Crippen molar-refractivity contribution in [3.05, 3.63) is 65.2 Å². The molecule has 4 heteroatoms. The molecule has 0 saturated heterocycles. The van der Waals surface area contributed by atoms with Gasteiger partial charge in [0.1, 0.15) is 0 Å². The van der Waals surface area contributed by atoms with Crippen LogP contribution < -0.4 is 5.32 Å². The molecule has 1 N–H and O–H groups in total. The second-order valence-electron chi connectivity index (χ2n) is 5.28. The molecule has 114 valence electrons. The number of nitrogens with zero attached hydrogens (tertiary/aromatic N) is 1. The summed E-state index contributed by atoms with van der Waals surface area (Å²) < 4.78 is 0. The van der Waals surface area contributed by atoms with Crippen LogP contribution in [0.1, 0.15) is 33.2 Å². The van der Waals surface area contributed by atoms with Crippen LogP contribution in [0.2, 0.25) is 0 Å². The number of aryl methyl sites for hydroxylation is 1. The summed E-state index contributed by atoms with van der Waals surface area (Å²) in [5, 5.41) is 2.82. The summed E-state index contributed by atoms with van der Waals surface area (Å²) in [5.74, 6) is -0.277. The maximum Gasteiger partial charge on any atom is 0.255 e. The van der Waals surface area contributed by atoms with Gasteiger partial charge in [-0.2, -0.15) is 0 Å². The highest BCUT2D eigenvalue weighted by atomic mass is 16.2. The Hall–Kier alpha value is -2.62. The molecule has 2 aromatic carbocycles. The van der Waals surface area contributed by atoms with Gasteiger partial charge in [0.15, 0.2) is 0 Å². The molecular formula is C18H20N2O2. The number of carbonyl (C=O) groups is 2. The Kier molecular flexibility index (Phi) is 4.94. The van der Waals surface area contributed by atoms with E-state index in [9.17, 15) is 9.59 Å².